The molecular weight excluding hydrogens is 420 g/mol. The van der Waals surface area contributed by atoms with Crippen LogP contribution in [-0.4, -0.2) is 59.3 Å². The first-order chi connectivity index (χ1) is 14.7. The van der Waals surface area contributed by atoms with Gasteiger partial charge in [-0.05, 0) is 24.6 Å². The molecule has 8 nitrogen and oxygen atoms in total. The number of fused-ring (bicyclic) bond motifs is 2. The molecule has 2 atom stereocenters. The molecule has 158 valence electrons. The van der Waals surface area contributed by atoms with E-state index >= 15 is 0 Å². The summed E-state index contributed by atoms with van der Waals surface area (Å²) in [6.45, 7) is 3.61. The maximum atomic E-state index is 12.7. The Balaban J connectivity index is 1.35. The summed E-state index contributed by atoms with van der Waals surface area (Å²) in [5.74, 6) is -0.0291. The van der Waals surface area contributed by atoms with E-state index in [4.69, 9.17) is 4.98 Å². The Hall–Kier alpha value is -1.95. The van der Waals surface area contributed by atoms with Crippen LogP contribution in [-0.2, 0) is 17.8 Å². The average Bonchev–Trinajstić information content (AvgIpc) is 3.44. The third-order valence-electron chi connectivity index (χ3n) is 5.53. The van der Waals surface area contributed by atoms with Gasteiger partial charge in [0.1, 0.15) is 15.5 Å². The number of rotatable bonds is 6. The standard InChI is InChI=1S/C20H24N6O2S2/c27-14-9-23-7-12(14)24-6-3-17(28)26-20-18(11-1-4-22-10-16(11)30-20)19-25-13-8-21-5-2-15(13)29-19/h2,5,8,12,14,22-24,27H,1,3-4,6-7,9-10H2,(H,26,28). The van der Waals surface area contributed by atoms with Gasteiger partial charge in [-0.25, -0.2) is 4.98 Å². The van der Waals surface area contributed by atoms with Crippen molar-refractivity contribution in [1.29, 1.82) is 0 Å². The van der Waals surface area contributed by atoms with Crippen molar-refractivity contribution in [2.24, 2.45) is 0 Å². The number of thiazole rings is 1. The van der Waals surface area contributed by atoms with Gasteiger partial charge in [0.2, 0.25) is 5.91 Å². The predicted octanol–water partition coefficient (Wildman–Crippen LogP) is 1.32. The quantitative estimate of drug-likeness (QED) is 0.390. The van der Waals surface area contributed by atoms with E-state index in [1.165, 1.54) is 10.4 Å². The Kier molecular flexibility index (Phi) is 5.77. The van der Waals surface area contributed by atoms with Crippen molar-refractivity contribution in [1.82, 2.24) is 25.9 Å². The second kappa shape index (κ2) is 8.66. The van der Waals surface area contributed by atoms with Crippen molar-refractivity contribution >= 4 is 43.8 Å². The first kappa shape index (κ1) is 20.0. The zero-order valence-electron chi connectivity index (χ0n) is 16.4. The Morgan fingerprint density at radius 3 is 3.07 bits per heavy atom. The zero-order chi connectivity index (χ0) is 20.5. The van der Waals surface area contributed by atoms with Gasteiger partial charge in [0.05, 0.1) is 17.0 Å². The number of nitrogens with one attached hydrogen (secondary N) is 4. The largest absolute Gasteiger partial charge is 0.390 e. The summed E-state index contributed by atoms with van der Waals surface area (Å²) in [6, 6.07) is 1.98. The van der Waals surface area contributed by atoms with Gasteiger partial charge in [-0.3, -0.25) is 9.78 Å². The maximum Gasteiger partial charge on any atom is 0.226 e. The van der Waals surface area contributed by atoms with Crippen LogP contribution in [0.2, 0.25) is 0 Å². The van der Waals surface area contributed by atoms with Crippen molar-refractivity contribution in [3.8, 4) is 10.6 Å². The van der Waals surface area contributed by atoms with Crippen molar-refractivity contribution in [2.45, 2.75) is 31.5 Å². The lowest BCUT2D eigenvalue weighted by Gasteiger charge is -2.15. The fraction of sp³-hybridized carbons (Fsp3) is 0.450. The third-order valence-corrected chi connectivity index (χ3v) is 7.73. The van der Waals surface area contributed by atoms with Crippen LogP contribution in [0.1, 0.15) is 16.9 Å². The molecule has 0 saturated carbocycles. The average molecular weight is 445 g/mol. The Labute approximate surface area is 182 Å². The first-order valence-electron chi connectivity index (χ1n) is 10.2. The smallest absolute Gasteiger partial charge is 0.226 e. The van der Waals surface area contributed by atoms with E-state index in [9.17, 15) is 9.90 Å². The molecule has 0 aliphatic carbocycles. The number of nitrogens with zero attached hydrogens (tertiary/aromatic N) is 2. The van der Waals surface area contributed by atoms with Gasteiger partial charge in [0.15, 0.2) is 0 Å². The number of anilines is 1. The van der Waals surface area contributed by atoms with Crippen LogP contribution < -0.4 is 21.3 Å². The highest BCUT2D eigenvalue weighted by Crippen LogP contribution is 2.44. The first-order valence-corrected chi connectivity index (χ1v) is 11.8. The molecule has 3 aromatic rings. The lowest BCUT2D eigenvalue weighted by Crippen LogP contribution is -2.40. The summed E-state index contributed by atoms with van der Waals surface area (Å²) in [4.78, 5) is 22.9. The van der Waals surface area contributed by atoms with Gasteiger partial charge in [0.25, 0.3) is 0 Å². The summed E-state index contributed by atoms with van der Waals surface area (Å²) in [5, 5.41) is 24.6. The van der Waals surface area contributed by atoms with E-state index in [2.05, 4.69) is 26.3 Å². The molecule has 0 aromatic carbocycles. The van der Waals surface area contributed by atoms with Crippen LogP contribution in [0.4, 0.5) is 5.00 Å². The van der Waals surface area contributed by atoms with Gasteiger partial charge in [-0.2, -0.15) is 0 Å². The van der Waals surface area contributed by atoms with Crippen LogP contribution in [0.15, 0.2) is 18.5 Å². The Morgan fingerprint density at radius 2 is 2.23 bits per heavy atom. The van der Waals surface area contributed by atoms with E-state index in [0.717, 1.165) is 51.8 Å². The number of carbonyl (C=O) groups is 1. The van der Waals surface area contributed by atoms with Gasteiger partial charge >= 0.3 is 0 Å². The van der Waals surface area contributed by atoms with E-state index in [1.807, 2.05) is 6.07 Å². The van der Waals surface area contributed by atoms with E-state index in [1.54, 1.807) is 35.1 Å². The molecule has 10 heteroatoms. The number of amides is 1. The summed E-state index contributed by atoms with van der Waals surface area (Å²) >= 11 is 3.28. The molecule has 5 rings (SSSR count). The molecule has 0 radical (unpaired) electrons. The Bertz CT molecular complexity index is 1030. The van der Waals surface area contributed by atoms with Crippen LogP contribution in [0.3, 0.4) is 0 Å². The number of aromatic nitrogens is 2. The van der Waals surface area contributed by atoms with Crippen molar-refractivity contribution in [3.05, 3.63) is 28.9 Å². The normalized spacial score (nSPS) is 21.1. The van der Waals surface area contributed by atoms with Crippen molar-refractivity contribution < 1.29 is 9.90 Å². The maximum absolute atomic E-state index is 12.7. The van der Waals surface area contributed by atoms with Crippen LogP contribution in [0.25, 0.3) is 20.8 Å². The fourth-order valence-electron chi connectivity index (χ4n) is 3.97. The lowest BCUT2D eigenvalue weighted by molar-refractivity contribution is -0.116. The Morgan fingerprint density at radius 1 is 1.30 bits per heavy atom. The highest BCUT2D eigenvalue weighted by Gasteiger charge is 2.26. The molecule has 0 bridgehead atoms. The number of thiophene rings is 1. The van der Waals surface area contributed by atoms with Gasteiger partial charge in [-0.1, -0.05) is 0 Å². The molecule has 1 saturated heterocycles. The molecule has 5 heterocycles. The van der Waals surface area contributed by atoms with Crippen LogP contribution >= 0.6 is 22.7 Å². The highest BCUT2D eigenvalue weighted by molar-refractivity contribution is 7.22. The molecule has 5 N–H and O–H groups in total. The number of hydrogen-bond donors (Lipinski definition) is 5. The number of pyridine rings is 1. The molecular formula is C20H24N6O2S2. The summed E-state index contributed by atoms with van der Waals surface area (Å²) in [6.07, 6.45) is 4.45. The fourth-order valence-corrected chi connectivity index (χ4v) is 6.28. The molecule has 2 aliphatic rings. The molecule has 30 heavy (non-hydrogen) atoms. The van der Waals surface area contributed by atoms with Crippen molar-refractivity contribution in [2.75, 3.05) is 31.5 Å². The molecule has 2 aliphatic heterocycles. The molecule has 1 amide bonds. The second-order valence-corrected chi connectivity index (χ2v) is 9.72. The zero-order valence-corrected chi connectivity index (χ0v) is 18.0. The number of carbonyl (C=O) groups excluding carboxylic acids is 1. The lowest BCUT2D eigenvalue weighted by atomic mass is 10.0. The minimum atomic E-state index is -0.398. The van der Waals surface area contributed by atoms with Gasteiger partial charge < -0.3 is 26.4 Å². The minimum absolute atomic E-state index is 0.00449. The van der Waals surface area contributed by atoms with Crippen LogP contribution in [0, 0.1) is 0 Å². The SMILES string of the molecule is O=C(CCNC1CNCC1O)Nc1sc2c(c1-c1nc3cnccc3s1)CCNC2. The number of aliphatic hydroxyl groups is 1. The highest BCUT2D eigenvalue weighted by atomic mass is 32.1. The van der Waals surface area contributed by atoms with E-state index in [0.29, 0.717) is 19.5 Å². The number of aliphatic hydroxyl groups excluding tert-OH is 1. The number of β-amino-alcohol motifs (C(OH)–C–C–N with tert-alkyl or cyclic N) is 1. The molecule has 0 spiro atoms. The molecule has 2 unspecified atom stereocenters. The van der Waals surface area contributed by atoms with Gasteiger partial charge in [0, 0.05) is 55.3 Å². The van der Waals surface area contributed by atoms with E-state index in [-0.39, 0.29) is 11.9 Å². The number of hydrogen-bond acceptors (Lipinski definition) is 9. The topological polar surface area (TPSA) is 111 Å². The van der Waals surface area contributed by atoms with Crippen LogP contribution in [0.5, 0.6) is 0 Å². The third kappa shape index (κ3) is 3.98. The minimum Gasteiger partial charge on any atom is -0.390 e. The van der Waals surface area contributed by atoms with E-state index < -0.39 is 6.10 Å². The molecule has 1 fully saturated rings. The van der Waals surface area contributed by atoms with Crippen molar-refractivity contribution in [3.63, 3.8) is 0 Å². The second-order valence-electron chi connectivity index (χ2n) is 7.58. The van der Waals surface area contributed by atoms with Gasteiger partial charge in [-0.15, -0.1) is 22.7 Å². The molecule has 3 aromatic heterocycles. The summed E-state index contributed by atoms with van der Waals surface area (Å²) in [5.41, 5.74) is 3.24. The monoisotopic (exact) mass is 444 g/mol. The summed E-state index contributed by atoms with van der Waals surface area (Å²) in [7, 11) is 0. The predicted molar refractivity (Wildman–Crippen MR) is 120 cm³/mol. The summed E-state index contributed by atoms with van der Waals surface area (Å²) < 4.78 is 1.10.